The lowest BCUT2D eigenvalue weighted by molar-refractivity contribution is 1.11. The van der Waals surface area contributed by atoms with Crippen LogP contribution in [0.5, 0.6) is 0 Å². The highest BCUT2D eigenvalue weighted by Gasteiger charge is 2.17. The number of rotatable bonds is 1. The van der Waals surface area contributed by atoms with Crippen LogP contribution in [0.1, 0.15) is 11.1 Å². The molecule has 2 heterocycles. The first-order valence-electron chi connectivity index (χ1n) is 8.57. The molecule has 0 fully saturated rings. The number of hydrogen-bond donors (Lipinski definition) is 0. The van der Waals surface area contributed by atoms with Gasteiger partial charge in [0, 0.05) is 20.8 Å². The molecule has 0 saturated carbocycles. The van der Waals surface area contributed by atoms with Crippen molar-refractivity contribution in [2.75, 3.05) is 0 Å². The van der Waals surface area contributed by atoms with Gasteiger partial charge in [0.2, 0.25) is 0 Å². The molecule has 26 heavy (non-hydrogen) atoms. The lowest BCUT2D eigenvalue weighted by Gasteiger charge is -2.11. The largest absolute Gasteiger partial charge is 0.274 e. The van der Waals surface area contributed by atoms with Crippen molar-refractivity contribution in [2.24, 2.45) is 0 Å². The van der Waals surface area contributed by atoms with E-state index in [1.54, 1.807) is 0 Å². The molecule has 4 heteroatoms. The minimum absolute atomic E-state index is 0.884. The molecule has 0 bridgehead atoms. The lowest BCUT2D eigenvalue weighted by Crippen LogP contribution is -1.96. The maximum absolute atomic E-state index is 4.60. The third-order valence-electron chi connectivity index (χ3n) is 5.01. The minimum Gasteiger partial charge on any atom is -0.274 e. The minimum atomic E-state index is 0.884. The SMILES string of the molecule is Cc1cc(-c2nnc3c4ccccc4c4ccccc4n23)c(C)cc1Br. The molecule has 0 spiro atoms. The van der Waals surface area contributed by atoms with E-state index in [1.165, 1.54) is 21.9 Å². The summed E-state index contributed by atoms with van der Waals surface area (Å²) >= 11 is 3.62. The van der Waals surface area contributed by atoms with Crippen LogP contribution < -0.4 is 0 Å². The quantitative estimate of drug-likeness (QED) is 0.318. The molecule has 0 aliphatic rings. The van der Waals surface area contributed by atoms with Crippen LogP contribution in [0.25, 0.3) is 38.7 Å². The predicted octanol–water partition coefficient (Wildman–Crippen LogP) is 6.08. The molecule has 3 nitrogen and oxygen atoms in total. The van der Waals surface area contributed by atoms with Gasteiger partial charge in [-0.05, 0) is 48.6 Å². The molecular formula is C22H16BrN3. The van der Waals surface area contributed by atoms with Crippen LogP contribution >= 0.6 is 15.9 Å². The topological polar surface area (TPSA) is 30.2 Å². The first-order valence-corrected chi connectivity index (χ1v) is 9.36. The van der Waals surface area contributed by atoms with Gasteiger partial charge in [0.25, 0.3) is 0 Å². The summed E-state index contributed by atoms with van der Waals surface area (Å²) in [5.41, 5.74) is 5.50. The standard InChI is InChI=1S/C22H16BrN3/c1-13-12-19(23)14(2)11-18(13)22-25-24-21-17-9-4-3-7-15(17)16-8-5-6-10-20(16)26(21)22/h3-12H,1-2H3. The predicted molar refractivity (Wildman–Crippen MR) is 111 cm³/mol. The number of aromatic nitrogens is 3. The zero-order valence-corrected chi connectivity index (χ0v) is 16.1. The molecule has 5 rings (SSSR count). The highest BCUT2D eigenvalue weighted by molar-refractivity contribution is 9.10. The summed E-state index contributed by atoms with van der Waals surface area (Å²) in [5, 5.41) is 12.7. The van der Waals surface area contributed by atoms with Crippen LogP contribution in [0.15, 0.2) is 65.1 Å². The molecule has 0 amide bonds. The Kier molecular flexibility index (Phi) is 3.37. The van der Waals surface area contributed by atoms with E-state index in [9.17, 15) is 0 Å². The summed E-state index contributed by atoms with van der Waals surface area (Å²) < 4.78 is 3.30. The summed E-state index contributed by atoms with van der Waals surface area (Å²) in [5.74, 6) is 0.884. The first-order chi connectivity index (χ1) is 12.6. The molecule has 0 radical (unpaired) electrons. The monoisotopic (exact) mass is 401 g/mol. The van der Waals surface area contributed by atoms with Crippen molar-refractivity contribution in [3.05, 3.63) is 76.3 Å². The average Bonchev–Trinajstić information content (AvgIpc) is 3.10. The number of nitrogens with zero attached hydrogens (tertiary/aromatic N) is 3. The van der Waals surface area contributed by atoms with Gasteiger partial charge in [-0.15, -0.1) is 10.2 Å². The lowest BCUT2D eigenvalue weighted by atomic mass is 10.0. The van der Waals surface area contributed by atoms with E-state index >= 15 is 0 Å². The Labute approximate surface area is 159 Å². The number of aryl methyl sites for hydroxylation is 2. The normalized spacial score (nSPS) is 11.7. The number of hydrogen-bond acceptors (Lipinski definition) is 2. The Bertz CT molecular complexity index is 1320. The van der Waals surface area contributed by atoms with Gasteiger partial charge >= 0.3 is 0 Å². The van der Waals surface area contributed by atoms with E-state index in [1.807, 2.05) is 0 Å². The van der Waals surface area contributed by atoms with E-state index in [0.29, 0.717) is 0 Å². The molecule has 3 aromatic carbocycles. The van der Waals surface area contributed by atoms with Gasteiger partial charge < -0.3 is 0 Å². The second-order valence-corrected chi connectivity index (χ2v) is 7.52. The molecule has 0 unspecified atom stereocenters. The van der Waals surface area contributed by atoms with E-state index in [2.05, 4.69) is 105 Å². The van der Waals surface area contributed by atoms with Crippen molar-refractivity contribution in [1.29, 1.82) is 0 Å². The third kappa shape index (κ3) is 2.12. The molecule has 0 atom stereocenters. The summed E-state index contributed by atoms with van der Waals surface area (Å²) in [6.07, 6.45) is 0. The van der Waals surface area contributed by atoms with Crippen LogP contribution in [0.4, 0.5) is 0 Å². The maximum Gasteiger partial charge on any atom is 0.169 e. The Morgan fingerprint density at radius 1 is 0.769 bits per heavy atom. The molecule has 0 aliphatic heterocycles. The maximum atomic E-state index is 4.60. The summed E-state index contributed by atoms with van der Waals surface area (Å²) in [6, 6.07) is 21.2. The third-order valence-corrected chi connectivity index (χ3v) is 5.87. The Morgan fingerprint density at radius 3 is 2.27 bits per heavy atom. The van der Waals surface area contributed by atoms with Gasteiger partial charge in [-0.3, -0.25) is 4.40 Å². The van der Waals surface area contributed by atoms with Crippen molar-refractivity contribution in [3.8, 4) is 11.4 Å². The van der Waals surface area contributed by atoms with Crippen LogP contribution in [0.3, 0.4) is 0 Å². The number of pyridine rings is 1. The van der Waals surface area contributed by atoms with Crippen molar-refractivity contribution in [1.82, 2.24) is 14.6 Å². The smallest absolute Gasteiger partial charge is 0.169 e. The number of para-hydroxylation sites is 1. The fraction of sp³-hybridized carbons (Fsp3) is 0.0909. The van der Waals surface area contributed by atoms with E-state index in [-0.39, 0.29) is 0 Å². The van der Waals surface area contributed by atoms with Crippen LogP contribution in [-0.2, 0) is 0 Å². The van der Waals surface area contributed by atoms with Gasteiger partial charge in [0.1, 0.15) is 0 Å². The molecule has 0 saturated heterocycles. The second-order valence-electron chi connectivity index (χ2n) is 6.66. The molecule has 2 aromatic heterocycles. The van der Waals surface area contributed by atoms with Gasteiger partial charge in [-0.1, -0.05) is 58.4 Å². The molecule has 5 aromatic rings. The van der Waals surface area contributed by atoms with Gasteiger partial charge in [-0.2, -0.15) is 0 Å². The van der Waals surface area contributed by atoms with Crippen LogP contribution in [0.2, 0.25) is 0 Å². The highest BCUT2D eigenvalue weighted by Crippen LogP contribution is 2.34. The van der Waals surface area contributed by atoms with Gasteiger partial charge in [0.15, 0.2) is 11.5 Å². The van der Waals surface area contributed by atoms with Gasteiger partial charge in [-0.25, -0.2) is 0 Å². The average molecular weight is 402 g/mol. The van der Waals surface area contributed by atoms with E-state index in [0.717, 1.165) is 32.4 Å². The number of benzene rings is 3. The highest BCUT2D eigenvalue weighted by atomic mass is 79.9. The molecular weight excluding hydrogens is 386 g/mol. The Balaban J connectivity index is 2.00. The summed E-state index contributed by atoms with van der Waals surface area (Å²) in [7, 11) is 0. The fourth-order valence-electron chi connectivity index (χ4n) is 3.69. The summed E-state index contributed by atoms with van der Waals surface area (Å²) in [4.78, 5) is 0. The van der Waals surface area contributed by atoms with Crippen molar-refractivity contribution >= 4 is 43.3 Å². The van der Waals surface area contributed by atoms with E-state index in [4.69, 9.17) is 0 Å². The van der Waals surface area contributed by atoms with E-state index < -0.39 is 0 Å². The Hall–Kier alpha value is -2.72. The molecule has 126 valence electrons. The van der Waals surface area contributed by atoms with Crippen molar-refractivity contribution in [3.63, 3.8) is 0 Å². The summed E-state index contributed by atoms with van der Waals surface area (Å²) in [6.45, 7) is 4.22. The van der Waals surface area contributed by atoms with Crippen molar-refractivity contribution < 1.29 is 0 Å². The van der Waals surface area contributed by atoms with Gasteiger partial charge in [0.05, 0.1) is 5.52 Å². The molecule has 0 N–H and O–H groups in total. The Morgan fingerprint density at radius 2 is 1.46 bits per heavy atom. The van der Waals surface area contributed by atoms with Crippen LogP contribution in [-0.4, -0.2) is 14.6 Å². The second kappa shape index (κ2) is 5.64. The molecule has 0 aliphatic carbocycles. The van der Waals surface area contributed by atoms with Crippen molar-refractivity contribution in [2.45, 2.75) is 13.8 Å². The number of halogens is 1. The first kappa shape index (κ1) is 15.5. The zero-order chi connectivity index (χ0) is 17.8. The number of fused-ring (bicyclic) bond motifs is 6. The van der Waals surface area contributed by atoms with Crippen LogP contribution in [0, 0.1) is 13.8 Å². The zero-order valence-electron chi connectivity index (χ0n) is 14.5. The fourth-order valence-corrected chi connectivity index (χ4v) is 4.15.